The Bertz CT molecular complexity index is 346. The van der Waals surface area contributed by atoms with E-state index < -0.39 is 0 Å². The molecule has 0 aromatic carbocycles. The number of hydrogen-bond acceptors (Lipinski definition) is 2. The van der Waals surface area contributed by atoms with Gasteiger partial charge in [-0.2, -0.15) is 5.10 Å². The number of rotatable bonds is 5. The standard InChI is InChI=1S/C11H20N4O/c1-4-5-6-7-12-11(16)13-10-8-9(2)14-15(10)3/h8H,4-7H2,1-3H3,(H2,12,13,16). The van der Waals surface area contributed by atoms with Gasteiger partial charge in [0.1, 0.15) is 5.82 Å². The predicted octanol–water partition coefficient (Wildman–Crippen LogP) is 2.04. The Kier molecular flexibility index (Phi) is 4.82. The van der Waals surface area contributed by atoms with Crippen molar-refractivity contribution >= 4 is 11.8 Å². The molecule has 0 aliphatic carbocycles. The zero-order valence-corrected chi connectivity index (χ0v) is 10.2. The molecule has 5 heteroatoms. The van der Waals surface area contributed by atoms with E-state index in [1.165, 1.54) is 0 Å². The maximum atomic E-state index is 11.5. The van der Waals surface area contributed by atoms with Crippen molar-refractivity contribution in [3.05, 3.63) is 11.8 Å². The molecule has 0 unspecified atom stereocenters. The number of unbranched alkanes of at least 4 members (excludes halogenated alkanes) is 2. The van der Waals surface area contributed by atoms with Gasteiger partial charge in [0.2, 0.25) is 0 Å². The van der Waals surface area contributed by atoms with Crippen LogP contribution in [0.15, 0.2) is 6.07 Å². The monoisotopic (exact) mass is 224 g/mol. The Morgan fingerprint density at radius 1 is 1.50 bits per heavy atom. The Morgan fingerprint density at radius 2 is 2.25 bits per heavy atom. The predicted molar refractivity (Wildman–Crippen MR) is 64.5 cm³/mol. The summed E-state index contributed by atoms with van der Waals surface area (Å²) in [5.74, 6) is 0.713. The van der Waals surface area contributed by atoms with Crippen molar-refractivity contribution in [1.82, 2.24) is 15.1 Å². The van der Waals surface area contributed by atoms with Crippen molar-refractivity contribution in [1.29, 1.82) is 0 Å². The van der Waals surface area contributed by atoms with E-state index in [0.717, 1.165) is 31.5 Å². The number of aromatic nitrogens is 2. The fraction of sp³-hybridized carbons (Fsp3) is 0.636. The molecule has 0 aliphatic heterocycles. The second kappa shape index (κ2) is 6.15. The van der Waals surface area contributed by atoms with Crippen LogP contribution in [0.3, 0.4) is 0 Å². The Balaban J connectivity index is 2.31. The molecular weight excluding hydrogens is 204 g/mol. The molecule has 5 nitrogen and oxygen atoms in total. The van der Waals surface area contributed by atoms with Gasteiger partial charge in [0, 0.05) is 19.7 Å². The maximum absolute atomic E-state index is 11.5. The first kappa shape index (κ1) is 12.5. The molecular formula is C11H20N4O. The smallest absolute Gasteiger partial charge is 0.320 e. The highest BCUT2D eigenvalue weighted by molar-refractivity contribution is 5.88. The second-order valence-electron chi connectivity index (χ2n) is 3.88. The molecule has 2 amide bonds. The number of amides is 2. The van der Waals surface area contributed by atoms with E-state index in [0.29, 0.717) is 5.82 Å². The minimum absolute atomic E-state index is 0.167. The lowest BCUT2D eigenvalue weighted by molar-refractivity contribution is 0.251. The summed E-state index contributed by atoms with van der Waals surface area (Å²) >= 11 is 0. The molecule has 1 rings (SSSR count). The van der Waals surface area contributed by atoms with Gasteiger partial charge in [0.15, 0.2) is 0 Å². The Morgan fingerprint density at radius 3 is 2.81 bits per heavy atom. The minimum Gasteiger partial charge on any atom is -0.338 e. The molecule has 1 aromatic rings. The number of anilines is 1. The molecule has 1 aromatic heterocycles. The first-order chi connectivity index (χ1) is 7.63. The molecule has 0 saturated carbocycles. The van der Waals surface area contributed by atoms with Crippen molar-refractivity contribution < 1.29 is 4.79 Å². The Labute approximate surface area is 96.2 Å². The van der Waals surface area contributed by atoms with Gasteiger partial charge in [-0.1, -0.05) is 19.8 Å². The van der Waals surface area contributed by atoms with Gasteiger partial charge in [-0.3, -0.25) is 10.00 Å². The normalized spacial score (nSPS) is 10.2. The fourth-order valence-corrected chi connectivity index (χ4v) is 1.47. The molecule has 90 valence electrons. The lowest BCUT2D eigenvalue weighted by Crippen LogP contribution is -2.30. The molecule has 2 N–H and O–H groups in total. The van der Waals surface area contributed by atoms with E-state index in [1.807, 2.05) is 13.0 Å². The van der Waals surface area contributed by atoms with Crippen molar-refractivity contribution in [2.45, 2.75) is 33.1 Å². The molecule has 0 radical (unpaired) electrons. The van der Waals surface area contributed by atoms with Crippen LogP contribution < -0.4 is 10.6 Å². The van der Waals surface area contributed by atoms with Gasteiger partial charge in [-0.05, 0) is 13.3 Å². The molecule has 0 atom stereocenters. The van der Waals surface area contributed by atoms with Crippen molar-refractivity contribution in [2.75, 3.05) is 11.9 Å². The fourth-order valence-electron chi connectivity index (χ4n) is 1.47. The van der Waals surface area contributed by atoms with Crippen LogP contribution in [-0.4, -0.2) is 22.4 Å². The van der Waals surface area contributed by atoms with Gasteiger partial charge in [-0.15, -0.1) is 0 Å². The molecule has 0 bridgehead atoms. The number of nitrogens with one attached hydrogen (secondary N) is 2. The van der Waals surface area contributed by atoms with Crippen LogP contribution in [0.1, 0.15) is 31.9 Å². The van der Waals surface area contributed by atoms with Crippen LogP contribution in [0.25, 0.3) is 0 Å². The van der Waals surface area contributed by atoms with Crippen molar-refractivity contribution in [2.24, 2.45) is 7.05 Å². The quantitative estimate of drug-likeness (QED) is 0.752. The zero-order valence-electron chi connectivity index (χ0n) is 10.2. The van der Waals surface area contributed by atoms with Gasteiger partial charge in [-0.25, -0.2) is 4.79 Å². The van der Waals surface area contributed by atoms with Gasteiger partial charge < -0.3 is 5.32 Å². The highest BCUT2D eigenvalue weighted by atomic mass is 16.2. The third-order valence-electron chi connectivity index (χ3n) is 2.31. The third-order valence-corrected chi connectivity index (χ3v) is 2.31. The largest absolute Gasteiger partial charge is 0.338 e. The lowest BCUT2D eigenvalue weighted by atomic mass is 10.2. The third kappa shape index (κ3) is 3.92. The molecule has 0 aliphatic rings. The van der Waals surface area contributed by atoms with E-state index in [4.69, 9.17) is 0 Å². The summed E-state index contributed by atoms with van der Waals surface area (Å²) in [5.41, 5.74) is 0.892. The van der Waals surface area contributed by atoms with Crippen LogP contribution in [0, 0.1) is 6.92 Å². The average molecular weight is 224 g/mol. The number of hydrogen-bond donors (Lipinski definition) is 2. The number of nitrogens with zero attached hydrogens (tertiary/aromatic N) is 2. The summed E-state index contributed by atoms with van der Waals surface area (Å²) in [5, 5.41) is 9.72. The molecule has 1 heterocycles. The number of urea groups is 1. The van der Waals surface area contributed by atoms with Gasteiger partial charge in [0.25, 0.3) is 0 Å². The van der Waals surface area contributed by atoms with Gasteiger partial charge >= 0.3 is 6.03 Å². The lowest BCUT2D eigenvalue weighted by Gasteiger charge is -2.06. The van der Waals surface area contributed by atoms with E-state index >= 15 is 0 Å². The molecule has 0 spiro atoms. The number of carbonyl (C=O) groups is 1. The van der Waals surface area contributed by atoms with Gasteiger partial charge in [0.05, 0.1) is 5.69 Å². The SMILES string of the molecule is CCCCCNC(=O)Nc1cc(C)nn1C. The summed E-state index contributed by atoms with van der Waals surface area (Å²) in [6.45, 7) is 4.75. The zero-order chi connectivity index (χ0) is 12.0. The van der Waals surface area contributed by atoms with Crippen LogP contribution >= 0.6 is 0 Å². The first-order valence-corrected chi connectivity index (χ1v) is 5.69. The summed E-state index contributed by atoms with van der Waals surface area (Å²) < 4.78 is 1.65. The van der Waals surface area contributed by atoms with E-state index in [9.17, 15) is 4.79 Å². The van der Waals surface area contributed by atoms with Crippen LogP contribution in [0.2, 0.25) is 0 Å². The van der Waals surface area contributed by atoms with E-state index in [2.05, 4.69) is 22.7 Å². The Hall–Kier alpha value is -1.52. The number of carbonyl (C=O) groups excluding carboxylic acids is 1. The summed E-state index contributed by atoms with van der Waals surface area (Å²) in [6.07, 6.45) is 3.32. The summed E-state index contributed by atoms with van der Waals surface area (Å²) in [6, 6.07) is 1.67. The summed E-state index contributed by atoms with van der Waals surface area (Å²) in [7, 11) is 1.81. The summed E-state index contributed by atoms with van der Waals surface area (Å²) in [4.78, 5) is 11.5. The highest BCUT2D eigenvalue weighted by Crippen LogP contribution is 2.07. The van der Waals surface area contributed by atoms with Crippen LogP contribution in [0.5, 0.6) is 0 Å². The van der Waals surface area contributed by atoms with Crippen molar-refractivity contribution in [3.8, 4) is 0 Å². The topological polar surface area (TPSA) is 59.0 Å². The van der Waals surface area contributed by atoms with Crippen LogP contribution in [-0.2, 0) is 7.05 Å². The average Bonchev–Trinajstić information content (AvgIpc) is 2.52. The molecule has 0 fully saturated rings. The van der Waals surface area contributed by atoms with E-state index in [1.54, 1.807) is 11.7 Å². The molecule has 0 saturated heterocycles. The highest BCUT2D eigenvalue weighted by Gasteiger charge is 2.05. The van der Waals surface area contributed by atoms with Crippen molar-refractivity contribution in [3.63, 3.8) is 0 Å². The van der Waals surface area contributed by atoms with E-state index in [-0.39, 0.29) is 6.03 Å². The second-order valence-corrected chi connectivity index (χ2v) is 3.88. The molecule has 16 heavy (non-hydrogen) atoms. The minimum atomic E-state index is -0.167. The number of aryl methyl sites for hydroxylation is 2. The maximum Gasteiger partial charge on any atom is 0.320 e. The van der Waals surface area contributed by atoms with Crippen LogP contribution in [0.4, 0.5) is 10.6 Å². The first-order valence-electron chi connectivity index (χ1n) is 5.69.